The molecule has 7 heteroatoms. The molecule has 1 heterocycles. The summed E-state index contributed by atoms with van der Waals surface area (Å²) in [6.45, 7) is 1.77. The Morgan fingerprint density at radius 1 is 1.35 bits per heavy atom. The number of rotatable bonds is 3. The van der Waals surface area contributed by atoms with E-state index in [4.69, 9.17) is 16.7 Å². The second kappa shape index (κ2) is 5.34. The lowest BCUT2D eigenvalue weighted by molar-refractivity contribution is 0.0696. The number of nitrogens with zero attached hydrogens (tertiary/aromatic N) is 2. The Balaban J connectivity index is 2.28. The van der Waals surface area contributed by atoms with E-state index in [1.807, 2.05) is 0 Å². The molecule has 0 radical (unpaired) electrons. The van der Waals surface area contributed by atoms with E-state index < -0.39 is 5.97 Å². The van der Waals surface area contributed by atoms with Crippen LogP contribution >= 0.6 is 11.6 Å². The molecule has 1 aromatic carbocycles. The summed E-state index contributed by atoms with van der Waals surface area (Å²) in [6.07, 6.45) is 1.45. The monoisotopic (exact) mass is 293 g/mol. The minimum absolute atomic E-state index is 0.00992. The summed E-state index contributed by atoms with van der Waals surface area (Å²) in [5.74, 6) is -1.48. The molecule has 104 valence electrons. The molecule has 0 aliphatic heterocycles. The number of carbonyl (C=O) groups is 2. The fourth-order valence-electron chi connectivity index (χ4n) is 1.71. The van der Waals surface area contributed by atoms with Gasteiger partial charge in [-0.2, -0.15) is 5.10 Å². The van der Waals surface area contributed by atoms with Crippen LogP contribution < -0.4 is 5.32 Å². The Bertz CT molecular complexity index is 694. The van der Waals surface area contributed by atoms with Crippen LogP contribution in [0.3, 0.4) is 0 Å². The first kappa shape index (κ1) is 14.1. The number of anilines is 1. The van der Waals surface area contributed by atoms with Crippen LogP contribution in [-0.4, -0.2) is 26.8 Å². The van der Waals surface area contributed by atoms with E-state index in [1.165, 1.54) is 24.4 Å². The Labute approximate surface area is 120 Å². The predicted molar refractivity (Wildman–Crippen MR) is 74.3 cm³/mol. The maximum Gasteiger partial charge on any atom is 0.335 e. The Morgan fingerprint density at radius 2 is 2.05 bits per heavy atom. The zero-order valence-corrected chi connectivity index (χ0v) is 11.6. The minimum Gasteiger partial charge on any atom is -0.478 e. The number of hydrogen-bond acceptors (Lipinski definition) is 3. The van der Waals surface area contributed by atoms with E-state index in [1.54, 1.807) is 18.7 Å². The number of carboxylic acids is 1. The Morgan fingerprint density at radius 3 is 2.60 bits per heavy atom. The lowest BCUT2D eigenvalue weighted by Gasteiger charge is -2.06. The third-order valence-electron chi connectivity index (χ3n) is 2.88. The van der Waals surface area contributed by atoms with Gasteiger partial charge in [-0.25, -0.2) is 4.79 Å². The lowest BCUT2D eigenvalue weighted by atomic mass is 10.2. The van der Waals surface area contributed by atoms with Crippen molar-refractivity contribution in [1.29, 1.82) is 0 Å². The summed E-state index contributed by atoms with van der Waals surface area (Å²) >= 11 is 5.83. The number of aromatic carboxylic acids is 1. The quantitative estimate of drug-likeness (QED) is 0.909. The normalized spacial score (nSPS) is 10.3. The van der Waals surface area contributed by atoms with Gasteiger partial charge in [0.25, 0.3) is 5.91 Å². The number of aromatic nitrogens is 2. The van der Waals surface area contributed by atoms with E-state index in [9.17, 15) is 9.59 Å². The van der Waals surface area contributed by atoms with E-state index in [0.29, 0.717) is 16.9 Å². The van der Waals surface area contributed by atoms with E-state index in [2.05, 4.69) is 10.4 Å². The van der Waals surface area contributed by atoms with Crippen LogP contribution in [0.5, 0.6) is 0 Å². The van der Waals surface area contributed by atoms with Gasteiger partial charge in [0.15, 0.2) is 0 Å². The van der Waals surface area contributed by atoms with Gasteiger partial charge in [0.1, 0.15) is 0 Å². The first-order chi connectivity index (χ1) is 9.38. The Hall–Kier alpha value is -2.34. The molecule has 6 nitrogen and oxygen atoms in total. The second-order valence-electron chi connectivity index (χ2n) is 4.26. The van der Waals surface area contributed by atoms with Crippen molar-refractivity contribution < 1.29 is 14.7 Å². The maximum absolute atomic E-state index is 12.1. The number of carbonyl (C=O) groups excluding carboxylic acids is 1. The summed E-state index contributed by atoms with van der Waals surface area (Å²) in [4.78, 5) is 23.0. The van der Waals surface area contributed by atoms with Crippen LogP contribution in [0.2, 0.25) is 5.02 Å². The van der Waals surface area contributed by atoms with Gasteiger partial charge >= 0.3 is 5.97 Å². The van der Waals surface area contributed by atoms with Crippen LogP contribution in [0, 0.1) is 6.92 Å². The molecule has 1 aromatic heterocycles. The number of aryl methyl sites for hydroxylation is 1. The number of carboxylic acid groups (broad SMARTS) is 1. The molecule has 1 amide bonds. The molecular formula is C13H12ClN3O3. The molecule has 2 rings (SSSR count). The predicted octanol–water partition coefficient (Wildman–Crippen LogP) is 2.33. The molecule has 0 atom stereocenters. The third-order valence-corrected chi connectivity index (χ3v) is 3.10. The highest BCUT2D eigenvalue weighted by Gasteiger charge is 2.14. The summed E-state index contributed by atoms with van der Waals surface area (Å²) < 4.78 is 1.58. The van der Waals surface area contributed by atoms with Crippen LogP contribution in [0.4, 0.5) is 5.69 Å². The molecule has 2 aromatic rings. The number of nitrogens with one attached hydrogen (secondary N) is 1. The lowest BCUT2D eigenvalue weighted by Crippen LogP contribution is -2.13. The van der Waals surface area contributed by atoms with Gasteiger partial charge in [-0.05, 0) is 25.1 Å². The van der Waals surface area contributed by atoms with Crippen molar-refractivity contribution in [2.75, 3.05) is 5.32 Å². The van der Waals surface area contributed by atoms with Gasteiger partial charge in [0.2, 0.25) is 0 Å². The molecule has 2 N–H and O–H groups in total. The minimum atomic E-state index is -1.11. The fourth-order valence-corrected chi connectivity index (χ4v) is 1.94. The summed E-state index contributed by atoms with van der Waals surface area (Å²) in [7, 11) is 1.73. The van der Waals surface area contributed by atoms with E-state index in [-0.39, 0.29) is 16.5 Å². The molecule has 0 aliphatic carbocycles. The second-order valence-corrected chi connectivity index (χ2v) is 4.69. The molecule has 0 spiro atoms. The van der Waals surface area contributed by atoms with Gasteiger partial charge in [0.05, 0.1) is 17.3 Å². The number of halogens is 1. The third kappa shape index (κ3) is 2.80. The van der Waals surface area contributed by atoms with Gasteiger partial charge in [-0.3, -0.25) is 9.48 Å². The number of amides is 1. The molecule has 0 fully saturated rings. The van der Waals surface area contributed by atoms with Crippen molar-refractivity contribution >= 4 is 29.2 Å². The zero-order chi connectivity index (χ0) is 14.9. The number of benzene rings is 1. The molecule has 0 saturated heterocycles. The zero-order valence-electron chi connectivity index (χ0n) is 10.8. The molecule has 0 saturated carbocycles. The smallest absolute Gasteiger partial charge is 0.335 e. The molecule has 20 heavy (non-hydrogen) atoms. The van der Waals surface area contributed by atoms with Crippen LogP contribution in [0.15, 0.2) is 24.4 Å². The van der Waals surface area contributed by atoms with Gasteiger partial charge in [0, 0.05) is 23.5 Å². The average molecular weight is 294 g/mol. The molecular weight excluding hydrogens is 282 g/mol. The van der Waals surface area contributed by atoms with E-state index >= 15 is 0 Å². The highest BCUT2D eigenvalue weighted by molar-refractivity contribution is 6.31. The SMILES string of the molecule is Cc1c(C(=O)Nc2cc(Cl)cc(C(=O)O)c2)cnn1C. The van der Waals surface area contributed by atoms with Crippen molar-refractivity contribution in [2.24, 2.45) is 7.05 Å². The summed E-state index contributed by atoms with van der Waals surface area (Å²) in [6, 6.07) is 4.14. The molecule has 0 unspecified atom stereocenters. The summed E-state index contributed by atoms with van der Waals surface area (Å²) in [5, 5.41) is 15.8. The van der Waals surface area contributed by atoms with Gasteiger partial charge < -0.3 is 10.4 Å². The highest BCUT2D eigenvalue weighted by atomic mass is 35.5. The van der Waals surface area contributed by atoms with Crippen molar-refractivity contribution in [3.05, 3.63) is 46.2 Å². The van der Waals surface area contributed by atoms with Crippen molar-refractivity contribution in [3.8, 4) is 0 Å². The van der Waals surface area contributed by atoms with Gasteiger partial charge in [-0.15, -0.1) is 0 Å². The van der Waals surface area contributed by atoms with Crippen molar-refractivity contribution in [1.82, 2.24) is 9.78 Å². The first-order valence-electron chi connectivity index (χ1n) is 5.72. The highest BCUT2D eigenvalue weighted by Crippen LogP contribution is 2.20. The molecule has 0 bridgehead atoms. The standard InChI is InChI=1S/C13H12ClN3O3/c1-7-11(6-15-17(7)2)12(18)16-10-4-8(13(19)20)3-9(14)5-10/h3-6H,1-2H3,(H,16,18)(H,19,20). The van der Waals surface area contributed by atoms with Crippen molar-refractivity contribution in [3.63, 3.8) is 0 Å². The number of hydrogen-bond donors (Lipinski definition) is 2. The van der Waals surface area contributed by atoms with Crippen LogP contribution in [0.25, 0.3) is 0 Å². The van der Waals surface area contributed by atoms with Gasteiger partial charge in [-0.1, -0.05) is 11.6 Å². The first-order valence-corrected chi connectivity index (χ1v) is 6.10. The maximum atomic E-state index is 12.1. The topological polar surface area (TPSA) is 84.2 Å². The largest absolute Gasteiger partial charge is 0.478 e. The molecule has 0 aliphatic rings. The van der Waals surface area contributed by atoms with Crippen LogP contribution in [0.1, 0.15) is 26.4 Å². The Kier molecular flexibility index (Phi) is 3.76. The van der Waals surface area contributed by atoms with Crippen LogP contribution in [-0.2, 0) is 7.05 Å². The van der Waals surface area contributed by atoms with Crippen molar-refractivity contribution in [2.45, 2.75) is 6.92 Å². The van der Waals surface area contributed by atoms with E-state index in [0.717, 1.165) is 0 Å². The average Bonchev–Trinajstić information content (AvgIpc) is 2.69. The summed E-state index contributed by atoms with van der Waals surface area (Å²) in [5.41, 5.74) is 1.46. The fraction of sp³-hybridized carbons (Fsp3) is 0.154.